The first-order valence-corrected chi connectivity index (χ1v) is 7.22. The largest absolute Gasteiger partial charge is 0.327 e. The van der Waals surface area contributed by atoms with Crippen molar-refractivity contribution < 1.29 is 0 Å². The molecule has 2 nitrogen and oxygen atoms in total. The molecule has 2 N–H and O–H groups in total. The normalized spacial score (nSPS) is 24.4. The van der Waals surface area contributed by atoms with E-state index in [4.69, 9.17) is 17.3 Å². The van der Waals surface area contributed by atoms with Gasteiger partial charge in [0.2, 0.25) is 0 Å². The van der Waals surface area contributed by atoms with Gasteiger partial charge in [0, 0.05) is 24.2 Å². The number of hydrogen-bond acceptors (Lipinski definition) is 2. The molecule has 1 saturated carbocycles. The quantitative estimate of drug-likeness (QED) is 0.906. The minimum absolute atomic E-state index is 0.382. The lowest BCUT2D eigenvalue weighted by Crippen LogP contribution is -2.39. The van der Waals surface area contributed by atoms with E-state index in [-0.39, 0.29) is 0 Å². The first-order chi connectivity index (χ1) is 8.66. The number of nitrogens with zero attached hydrogens (tertiary/aromatic N) is 1. The van der Waals surface area contributed by atoms with Crippen molar-refractivity contribution in [2.24, 2.45) is 11.7 Å². The molecule has 3 heteroatoms. The molecule has 1 fully saturated rings. The van der Waals surface area contributed by atoms with Crippen LogP contribution in [0.25, 0.3) is 0 Å². The van der Waals surface area contributed by atoms with Crippen LogP contribution in [0.5, 0.6) is 0 Å². The summed E-state index contributed by atoms with van der Waals surface area (Å²) in [5.41, 5.74) is 7.40. The fraction of sp³-hybridized carbons (Fsp3) is 0.600. The van der Waals surface area contributed by atoms with Crippen LogP contribution in [0.2, 0.25) is 5.02 Å². The van der Waals surface area contributed by atoms with Gasteiger partial charge >= 0.3 is 0 Å². The molecule has 1 aromatic rings. The van der Waals surface area contributed by atoms with E-state index in [1.54, 1.807) is 0 Å². The van der Waals surface area contributed by atoms with Crippen LogP contribution in [0.4, 0.5) is 0 Å². The summed E-state index contributed by atoms with van der Waals surface area (Å²) in [7, 11) is 2.16. The molecule has 0 radical (unpaired) electrons. The molecule has 0 spiro atoms. The van der Waals surface area contributed by atoms with Crippen molar-refractivity contribution >= 4 is 11.6 Å². The number of rotatable bonds is 4. The van der Waals surface area contributed by atoms with E-state index in [1.165, 1.54) is 31.2 Å². The maximum Gasteiger partial charge on any atom is 0.0451 e. The highest BCUT2D eigenvalue weighted by Gasteiger charge is 2.22. The van der Waals surface area contributed by atoms with Gasteiger partial charge in [-0.2, -0.15) is 0 Å². The fourth-order valence-corrected chi connectivity index (χ4v) is 3.04. The van der Waals surface area contributed by atoms with Crippen LogP contribution in [-0.4, -0.2) is 24.5 Å². The third-order valence-corrected chi connectivity index (χ3v) is 4.28. The Morgan fingerprint density at radius 1 is 1.28 bits per heavy atom. The van der Waals surface area contributed by atoms with E-state index in [2.05, 4.69) is 18.0 Å². The lowest BCUT2D eigenvalue weighted by Gasteiger charge is -2.32. The maximum absolute atomic E-state index is 6.20. The van der Waals surface area contributed by atoms with Gasteiger partial charge in [0.05, 0.1) is 0 Å². The van der Waals surface area contributed by atoms with Crippen molar-refractivity contribution in [2.75, 3.05) is 13.6 Å². The summed E-state index contributed by atoms with van der Waals surface area (Å²) >= 11 is 6.19. The van der Waals surface area contributed by atoms with Crippen molar-refractivity contribution in [3.8, 4) is 0 Å². The van der Waals surface area contributed by atoms with Crippen LogP contribution in [0, 0.1) is 5.92 Å². The Morgan fingerprint density at radius 3 is 2.72 bits per heavy atom. The Bertz CT molecular complexity index is 381. The predicted octanol–water partition coefficient (Wildman–Crippen LogP) is 3.29. The Labute approximate surface area is 115 Å². The molecule has 0 heterocycles. The van der Waals surface area contributed by atoms with Crippen molar-refractivity contribution in [3.63, 3.8) is 0 Å². The van der Waals surface area contributed by atoms with Gasteiger partial charge in [0.25, 0.3) is 0 Å². The second-order valence-electron chi connectivity index (χ2n) is 5.50. The highest BCUT2D eigenvalue weighted by molar-refractivity contribution is 6.31. The molecule has 0 aromatic heterocycles. The highest BCUT2D eigenvalue weighted by Crippen LogP contribution is 2.24. The van der Waals surface area contributed by atoms with Gasteiger partial charge < -0.3 is 10.6 Å². The molecule has 1 aliphatic rings. The predicted molar refractivity (Wildman–Crippen MR) is 77.7 cm³/mol. The van der Waals surface area contributed by atoms with Crippen LogP contribution in [-0.2, 0) is 6.54 Å². The Kier molecular flexibility index (Phi) is 5.04. The van der Waals surface area contributed by atoms with E-state index >= 15 is 0 Å². The molecule has 100 valence electrons. The van der Waals surface area contributed by atoms with Crippen LogP contribution < -0.4 is 5.73 Å². The lowest BCUT2D eigenvalue weighted by atomic mass is 9.85. The molecular weight excluding hydrogens is 244 g/mol. The monoisotopic (exact) mass is 266 g/mol. The zero-order valence-electron chi connectivity index (χ0n) is 11.1. The molecule has 2 rings (SSSR count). The van der Waals surface area contributed by atoms with Gasteiger partial charge in [-0.25, -0.2) is 0 Å². The summed E-state index contributed by atoms with van der Waals surface area (Å²) in [5, 5.41) is 0.859. The van der Waals surface area contributed by atoms with Crippen LogP contribution in [0.3, 0.4) is 0 Å². The van der Waals surface area contributed by atoms with E-state index in [0.717, 1.165) is 18.1 Å². The molecular formula is C15H23ClN2. The van der Waals surface area contributed by atoms with Gasteiger partial charge in [0.1, 0.15) is 0 Å². The smallest absolute Gasteiger partial charge is 0.0451 e. The standard InChI is InChI=1S/C15H23ClN2/c1-18(10-12-6-2-4-8-14(12)16)11-13-7-3-5-9-15(13)17/h2,4,6,8,13,15H,3,5,7,9-11,17H2,1H3. The summed E-state index contributed by atoms with van der Waals surface area (Å²) in [6, 6.07) is 8.45. The van der Waals surface area contributed by atoms with Gasteiger partial charge in [-0.05, 0) is 37.4 Å². The molecule has 0 aliphatic heterocycles. The van der Waals surface area contributed by atoms with Crippen LogP contribution in [0.15, 0.2) is 24.3 Å². The van der Waals surface area contributed by atoms with E-state index in [0.29, 0.717) is 12.0 Å². The van der Waals surface area contributed by atoms with Gasteiger partial charge in [-0.1, -0.05) is 42.6 Å². The summed E-state index contributed by atoms with van der Waals surface area (Å²) in [6.07, 6.45) is 5.09. The summed E-state index contributed by atoms with van der Waals surface area (Å²) < 4.78 is 0. The van der Waals surface area contributed by atoms with Crippen molar-refractivity contribution in [1.29, 1.82) is 0 Å². The highest BCUT2D eigenvalue weighted by atomic mass is 35.5. The molecule has 0 amide bonds. The minimum atomic E-state index is 0.382. The second kappa shape index (κ2) is 6.55. The van der Waals surface area contributed by atoms with Gasteiger partial charge in [0.15, 0.2) is 0 Å². The van der Waals surface area contributed by atoms with Crippen molar-refractivity contribution in [3.05, 3.63) is 34.9 Å². The summed E-state index contributed by atoms with van der Waals surface area (Å²) in [6.45, 7) is 1.98. The Morgan fingerprint density at radius 2 is 2.00 bits per heavy atom. The average Bonchev–Trinajstić information content (AvgIpc) is 2.35. The summed E-state index contributed by atoms with van der Waals surface area (Å²) in [4.78, 5) is 2.34. The molecule has 1 aliphatic carbocycles. The summed E-state index contributed by atoms with van der Waals surface area (Å²) in [5.74, 6) is 0.645. The number of halogens is 1. The second-order valence-corrected chi connectivity index (χ2v) is 5.90. The first kappa shape index (κ1) is 13.9. The Balaban J connectivity index is 1.88. The molecule has 0 saturated heterocycles. The number of hydrogen-bond donors (Lipinski definition) is 1. The molecule has 0 bridgehead atoms. The minimum Gasteiger partial charge on any atom is -0.327 e. The average molecular weight is 267 g/mol. The van der Waals surface area contributed by atoms with Crippen LogP contribution in [0.1, 0.15) is 31.2 Å². The Hall–Kier alpha value is -0.570. The van der Waals surface area contributed by atoms with Gasteiger partial charge in [-0.15, -0.1) is 0 Å². The molecule has 2 unspecified atom stereocenters. The van der Waals surface area contributed by atoms with Gasteiger partial charge in [-0.3, -0.25) is 0 Å². The van der Waals surface area contributed by atoms with Crippen molar-refractivity contribution in [2.45, 2.75) is 38.3 Å². The third-order valence-electron chi connectivity index (χ3n) is 3.91. The fourth-order valence-electron chi connectivity index (χ4n) is 2.85. The van der Waals surface area contributed by atoms with Crippen molar-refractivity contribution in [1.82, 2.24) is 4.90 Å². The number of benzene rings is 1. The van der Waals surface area contributed by atoms with E-state index in [9.17, 15) is 0 Å². The SMILES string of the molecule is CN(Cc1ccccc1Cl)CC1CCCCC1N. The first-order valence-electron chi connectivity index (χ1n) is 6.84. The van der Waals surface area contributed by atoms with Crippen LogP contribution >= 0.6 is 11.6 Å². The zero-order valence-corrected chi connectivity index (χ0v) is 11.9. The molecule has 2 atom stereocenters. The van der Waals surface area contributed by atoms with E-state index in [1.807, 2.05) is 18.2 Å². The molecule has 1 aromatic carbocycles. The van der Waals surface area contributed by atoms with E-state index < -0.39 is 0 Å². The molecule has 18 heavy (non-hydrogen) atoms. The topological polar surface area (TPSA) is 29.3 Å². The maximum atomic E-state index is 6.20. The zero-order chi connectivity index (χ0) is 13.0. The number of nitrogens with two attached hydrogens (primary N) is 1. The lowest BCUT2D eigenvalue weighted by molar-refractivity contribution is 0.206. The third kappa shape index (κ3) is 3.71.